The van der Waals surface area contributed by atoms with Crippen LogP contribution >= 0.6 is 11.3 Å². The predicted octanol–water partition coefficient (Wildman–Crippen LogP) is 3.97. The van der Waals surface area contributed by atoms with Crippen LogP contribution in [0.1, 0.15) is 34.3 Å². The van der Waals surface area contributed by atoms with Gasteiger partial charge in [0.2, 0.25) is 0 Å². The van der Waals surface area contributed by atoms with E-state index in [9.17, 15) is 0 Å². The number of aryl methyl sites for hydroxylation is 2. The quantitative estimate of drug-likeness (QED) is 0.536. The number of fused-ring (bicyclic) bond motifs is 1. The Balaban J connectivity index is 1.57. The predicted molar refractivity (Wildman–Crippen MR) is 104 cm³/mol. The van der Waals surface area contributed by atoms with Crippen molar-refractivity contribution in [2.75, 3.05) is 13.6 Å². The number of guanidine groups is 1. The summed E-state index contributed by atoms with van der Waals surface area (Å²) in [5, 5.41) is 8.98. The van der Waals surface area contributed by atoms with Crippen molar-refractivity contribution in [2.45, 2.75) is 33.2 Å². The zero-order chi connectivity index (χ0) is 17.8. The number of para-hydroxylation sites is 1. The van der Waals surface area contributed by atoms with Gasteiger partial charge in [-0.3, -0.25) is 4.99 Å². The third kappa shape index (κ3) is 4.20. The molecule has 0 fully saturated rings. The number of hydrogen-bond acceptors (Lipinski definition) is 4. The molecular weight excluding hydrogens is 332 g/mol. The molecule has 0 aliphatic rings. The summed E-state index contributed by atoms with van der Waals surface area (Å²) in [6, 6.07) is 10.1. The van der Waals surface area contributed by atoms with Gasteiger partial charge in [-0.1, -0.05) is 18.2 Å². The summed E-state index contributed by atoms with van der Waals surface area (Å²) >= 11 is 1.76. The maximum absolute atomic E-state index is 5.92. The fourth-order valence-corrected chi connectivity index (χ4v) is 3.72. The summed E-state index contributed by atoms with van der Waals surface area (Å²) in [5.41, 5.74) is 2.04. The summed E-state index contributed by atoms with van der Waals surface area (Å²) in [5.74, 6) is 1.67. The SMILES string of the molecule is CN=C(NCCc1sc(C)nc1C)NC(C)c1cc2ccccc2o1. The van der Waals surface area contributed by atoms with Crippen LogP contribution in [0.2, 0.25) is 0 Å². The van der Waals surface area contributed by atoms with Crippen molar-refractivity contribution in [1.82, 2.24) is 15.6 Å². The van der Waals surface area contributed by atoms with E-state index in [0.717, 1.165) is 46.4 Å². The van der Waals surface area contributed by atoms with Crippen LogP contribution in [0.15, 0.2) is 39.7 Å². The average Bonchev–Trinajstić information content (AvgIpc) is 3.16. The van der Waals surface area contributed by atoms with Crippen molar-refractivity contribution in [3.05, 3.63) is 51.7 Å². The molecule has 0 aliphatic carbocycles. The molecule has 0 spiro atoms. The summed E-state index contributed by atoms with van der Waals surface area (Å²) in [6.07, 6.45) is 0.942. The van der Waals surface area contributed by atoms with Crippen LogP contribution in [-0.2, 0) is 6.42 Å². The van der Waals surface area contributed by atoms with E-state index in [-0.39, 0.29) is 6.04 Å². The van der Waals surface area contributed by atoms with Crippen LogP contribution < -0.4 is 10.6 Å². The molecule has 0 radical (unpaired) electrons. The summed E-state index contributed by atoms with van der Waals surface area (Å²) in [4.78, 5) is 10.1. The van der Waals surface area contributed by atoms with Crippen molar-refractivity contribution in [3.8, 4) is 0 Å². The molecule has 5 nitrogen and oxygen atoms in total. The van der Waals surface area contributed by atoms with Crippen molar-refractivity contribution < 1.29 is 4.42 Å². The van der Waals surface area contributed by atoms with Gasteiger partial charge in [-0.2, -0.15) is 0 Å². The van der Waals surface area contributed by atoms with Crippen molar-refractivity contribution in [3.63, 3.8) is 0 Å². The van der Waals surface area contributed by atoms with Gasteiger partial charge in [-0.25, -0.2) is 4.98 Å². The minimum absolute atomic E-state index is 0.0333. The summed E-state index contributed by atoms with van der Waals surface area (Å²) in [7, 11) is 1.78. The second kappa shape index (κ2) is 7.70. The van der Waals surface area contributed by atoms with E-state index in [4.69, 9.17) is 4.42 Å². The molecular formula is C19H24N4OS. The standard InChI is InChI=1S/C19H24N4OS/c1-12(17-11-15-7-5-6-8-16(15)24-17)23-19(20-4)21-10-9-18-13(2)22-14(3)25-18/h5-8,11-12H,9-10H2,1-4H3,(H2,20,21,23). The number of benzene rings is 1. The molecule has 0 aliphatic heterocycles. The molecule has 1 unspecified atom stereocenters. The van der Waals surface area contributed by atoms with Gasteiger partial charge >= 0.3 is 0 Å². The first-order chi connectivity index (χ1) is 12.1. The van der Waals surface area contributed by atoms with Crippen LogP contribution in [0, 0.1) is 13.8 Å². The Morgan fingerprint density at radius 3 is 2.80 bits per heavy atom. The Kier molecular flexibility index (Phi) is 5.38. The number of rotatable bonds is 5. The number of aromatic nitrogens is 1. The molecule has 25 heavy (non-hydrogen) atoms. The molecule has 3 rings (SSSR count). The lowest BCUT2D eigenvalue weighted by atomic mass is 10.2. The molecule has 1 aromatic carbocycles. The van der Waals surface area contributed by atoms with Gasteiger partial charge in [0, 0.05) is 30.3 Å². The molecule has 3 aromatic rings. The summed E-state index contributed by atoms with van der Waals surface area (Å²) in [6.45, 7) is 7.00. The highest BCUT2D eigenvalue weighted by molar-refractivity contribution is 7.11. The highest BCUT2D eigenvalue weighted by Crippen LogP contribution is 2.23. The van der Waals surface area contributed by atoms with Crippen molar-refractivity contribution in [2.24, 2.45) is 4.99 Å². The van der Waals surface area contributed by atoms with Gasteiger partial charge in [0.25, 0.3) is 0 Å². The fourth-order valence-electron chi connectivity index (χ4n) is 2.79. The Morgan fingerprint density at radius 2 is 2.12 bits per heavy atom. The van der Waals surface area contributed by atoms with Crippen LogP contribution in [0.3, 0.4) is 0 Å². The summed E-state index contributed by atoms with van der Waals surface area (Å²) < 4.78 is 5.92. The van der Waals surface area contributed by atoms with Gasteiger partial charge in [-0.15, -0.1) is 11.3 Å². The molecule has 6 heteroatoms. The molecule has 2 aromatic heterocycles. The Bertz CT molecular complexity index is 848. The Labute approximate surface area is 152 Å². The first kappa shape index (κ1) is 17.5. The molecule has 0 bridgehead atoms. The molecule has 132 valence electrons. The highest BCUT2D eigenvalue weighted by Gasteiger charge is 2.13. The smallest absolute Gasteiger partial charge is 0.191 e. The molecule has 0 amide bonds. The monoisotopic (exact) mass is 356 g/mol. The fraction of sp³-hybridized carbons (Fsp3) is 0.368. The number of thiazole rings is 1. The molecule has 2 heterocycles. The minimum Gasteiger partial charge on any atom is -0.459 e. The maximum atomic E-state index is 5.92. The lowest BCUT2D eigenvalue weighted by Crippen LogP contribution is -2.39. The second-order valence-corrected chi connectivity index (χ2v) is 7.33. The molecule has 2 N–H and O–H groups in total. The van der Waals surface area contributed by atoms with E-state index in [1.807, 2.05) is 25.1 Å². The first-order valence-corrected chi connectivity index (χ1v) is 9.27. The number of hydrogen-bond donors (Lipinski definition) is 2. The van der Waals surface area contributed by atoms with E-state index in [1.165, 1.54) is 4.88 Å². The Hall–Kier alpha value is -2.34. The average molecular weight is 356 g/mol. The Morgan fingerprint density at radius 1 is 1.32 bits per heavy atom. The lowest BCUT2D eigenvalue weighted by Gasteiger charge is -2.16. The topological polar surface area (TPSA) is 62.5 Å². The van der Waals surface area contributed by atoms with Crippen LogP contribution in [0.25, 0.3) is 11.0 Å². The normalized spacial score (nSPS) is 13.2. The van der Waals surface area contributed by atoms with Crippen molar-refractivity contribution in [1.29, 1.82) is 0 Å². The van der Waals surface area contributed by atoms with Crippen LogP contribution in [0.4, 0.5) is 0 Å². The van der Waals surface area contributed by atoms with E-state index in [2.05, 4.69) is 46.6 Å². The third-order valence-electron chi connectivity index (χ3n) is 4.09. The third-order valence-corrected chi connectivity index (χ3v) is 5.22. The lowest BCUT2D eigenvalue weighted by molar-refractivity contribution is 0.488. The van der Waals surface area contributed by atoms with Crippen molar-refractivity contribution >= 4 is 28.3 Å². The van der Waals surface area contributed by atoms with E-state index in [1.54, 1.807) is 18.4 Å². The molecule has 1 atom stereocenters. The van der Waals surface area contributed by atoms with Gasteiger partial charge in [0.15, 0.2) is 5.96 Å². The molecule has 0 saturated heterocycles. The van der Waals surface area contributed by atoms with Gasteiger partial charge in [-0.05, 0) is 32.9 Å². The van der Waals surface area contributed by atoms with Gasteiger partial charge < -0.3 is 15.1 Å². The first-order valence-electron chi connectivity index (χ1n) is 8.45. The van der Waals surface area contributed by atoms with Gasteiger partial charge in [0.05, 0.1) is 16.7 Å². The van der Waals surface area contributed by atoms with E-state index >= 15 is 0 Å². The zero-order valence-corrected chi connectivity index (χ0v) is 15.9. The van der Waals surface area contributed by atoms with E-state index < -0.39 is 0 Å². The van der Waals surface area contributed by atoms with Crippen LogP contribution in [0.5, 0.6) is 0 Å². The van der Waals surface area contributed by atoms with Gasteiger partial charge in [0.1, 0.15) is 11.3 Å². The van der Waals surface area contributed by atoms with E-state index in [0.29, 0.717) is 0 Å². The maximum Gasteiger partial charge on any atom is 0.191 e. The second-order valence-electron chi connectivity index (χ2n) is 6.04. The number of aliphatic imine (C=N–C) groups is 1. The highest BCUT2D eigenvalue weighted by atomic mass is 32.1. The number of nitrogens with zero attached hydrogens (tertiary/aromatic N) is 2. The number of nitrogens with one attached hydrogen (secondary N) is 2. The largest absolute Gasteiger partial charge is 0.459 e. The molecule has 0 saturated carbocycles. The number of furan rings is 1. The zero-order valence-electron chi connectivity index (χ0n) is 15.1. The minimum atomic E-state index is 0.0333. The van der Waals surface area contributed by atoms with Crippen LogP contribution in [-0.4, -0.2) is 24.5 Å².